The van der Waals surface area contributed by atoms with E-state index in [0.29, 0.717) is 6.29 Å². The Labute approximate surface area is 93.7 Å². The van der Waals surface area contributed by atoms with Gasteiger partial charge in [-0.3, -0.25) is 9.48 Å². The second-order valence-corrected chi connectivity index (χ2v) is 3.30. The first-order valence-electron chi connectivity index (χ1n) is 4.85. The zero-order chi connectivity index (χ0) is 11.4. The fourth-order valence-electron chi connectivity index (χ4n) is 1.49. The predicted molar refractivity (Wildman–Crippen MR) is 61.6 cm³/mol. The van der Waals surface area contributed by atoms with E-state index >= 15 is 0 Å². The highest BCUT2D eigenvalue weighted by Gasteiger charge is 2.00. The minimum Gasteiger partial charge on any atom is -0.289 e. The molecule has 0 bridgehead atoms. The molecule has 2 rings (SSSR count). The summed E-state index contributed by atoms with van der Waals surface area (Å²) in [5.41, 5.74) is 2.96. The molecule has 0 saturated carbocycles. The van der Waals surface area contributed by atoms with Crippen LogP contribution in [0, 0.1) is 11.8 Å². The van der Waals surface area contributed by atoms with Crippen molar-refractivity contribution in [3.8, 4) is 23.1 Å². The highest BCUT2D eigenvalue weighted by molar-refractivity contribution is 5.74. The molecule has 0 atom stereocenters. The number of rotatable bonds is 1. The summed E-state index contributed by atoms with van der Waals surface area (Å²) < 4.78 is 1.81. The van der Waals surface area contributed by atoms with Crippen LogP contribution >= 0.6 is 0 Å². The van der Waals surface area contributed by atoms with Crippen LogP contribution in [0.1, 0.15) is 5.56 Å². The summed E-state index contributed by atoms with van der Waals surface area (Å²) in [5, 5.41) is 4.11. The predicted octanol–water partition coefficient (Wildman–Crippen LogP) is 1.64. The summed E-state index contributed by atoms with van der Waals surface area (Å²) in [6.07, 6.45) is 2.35. The van der Waals surface area contributed by atoms with Gasteiger partial charge in [0.05, 0.1) is 5.69 Å². The Hall–Kier alpha value is -2.34. The molecule has 16 heavy (non-hydrogen) atoms. The number of aryl methyl sites for hydroxylation is 1. The molecule has 78 valence electrons. The van der Waals surface area contributed by atoms with Crippen molar-refractivity contribution < 1.29 is 4.79 Å². The normalized spacial score (nSPS) is 9.31. The van der Waals surface area contributed by atoms with E-state index < -0.39 is 0 Å². The van der Waals surface area contributed by atoms with Gasteiger partial charge >= 0.3 is 0 Å². The van der Waals surface area contributed by atoms with Crippen molar-refractivity contribution in [2.45, 2.75) is 0 Å². The maximum Gasteiger partial charge on any atom is 0.193 e. The summed E-state index contributed by atoms with van der Waals surface area (Å²) in [6.45, 7) is 0. The Morgan fingerprint density at radius 1 is 1.25 bits per heavy atom. The number of hydrogen-bond donors (Lipinski definition) is 0. The summed E-state index contributed by atoms with van der Waals surface area (Å²) in [4.78, 5) is 10.1. The van der Waals surface area contributed by atoms with Gasteiger partial charge in [0.15, 0.2) is 6.29 Å². The molecular formula is C13H10N2O. The van der Waals surface area contributed by atoms with Crippen LogP contribution in [0.25, 0.3) is 11.3 Å². The van der Waals surface area contributed by atoms with Crippen LogP contribution in [-0.4, -0.2) is 16.1 Å². The SMILES string of the molecule is Cn1nccc1-c1ccc(C#CC=O)cc1. The highest BCUT2D eigenvalue weighted by atomic mass is 16.1. The van der Waals surface area contributed by atoms with Gasteiger partial charge in [0.1, 0.15) is 0 Å². The van der Waals surface area contributed by atoms with Crippen LogP contribution in [0.4, 0.5) is 0 Å². The lowest BCUT2D eigenvalue weighted by molar-refractivity contribution is -0.103. The van der Waals surface area contributed by atoms with Gasteiger partial charge in [0.2, 0.25) is 0 Å². The molecule has 3 heteroatoms. The van der Waals surface area contributed by atoms with Crippen LogP contribution < -0.4 is 0 Å². The highest BCUT2D eigenvalue weighted by Crippen LogP contribution is 2.18. The van der Waals surface area contributed by atoms with Crippen molar-refractivity contribution in [1.82, 2.24) is 9.78 Å². The summed E-state index contributed by atoms with van der Waals surface area (Å²) in [7, 11) is 1.90. The van der Waals surface area contributed by atoms with Crippen molar-refractivity contribution in [3.05, 3.63) is 42.1 Å². The maximum atomic E-state index is 10.1. The minimum absolute atomic E-state index is 0.592. The van der Waals surface area contributed by atoms with Gasteiger partial charge in [-0.05, 0) is 29.7 Å². The Kier molecular flexibility index (Phi) is 2.84. The number of benzene rings is 1. The van der Waals surface area contributed by atoms with E-state index in [1.807, 2.05) is 42.1 Å². The Balaban J connectivity index is 2.33. The molecule has 1 heterocycles. The number of aromatic nitrogens is 2. The van der Waals surface area contributed by atoms with E-state index in [-0.39, 0.29) is 0 Å². The van der Waals surface area contributed by atoms with Crippen LogP contribution in [0.15, 0.2) is 36.5 Å². The van der Waals surface area contributed by atoms with E-state index in [2.05, 4.69) is 16.9 Å². The Morgan fingerprint density at radius 2 is 2.00 bits per heavy atom. The number of carbonyl (C=O) groups is 1. The topological polar surface area (TPSA) is 34.9 Å². The monoisotopic (exact) mass is 210 g/mol. The van der Waals surface area contributed by atoms with Crippen molar-refractivity contribution >= 4 is 6.29 Å². The molecule has 3 nitrogen and oxygen atoms in total. The first-order chi connectivity index (χ1) is 7.81. The molecule has 0 aliphatic rings. The number of carbonyl (C=O) groups excluding carboxylic acids is 1. The second kappa shape index (κ2) is 4.45. The lowest BCUT2D eigenvalue weighted by Crippen LogP contribution is -1.92. The van der Waals surface area contributed by atoms with Crippen LogP contribution in [0.2, 0.25) is 0 Å². The van der Waals surface area contributed by atoms with E-state index in [9.17, 15) is 4.79 Å². The molecule has 0 amide bonds. The first-order valence-corrected chi connectivity index (χ1v) is 4.85. The first kappa shape index (κ1) is 10.2. The number of aldehydes is 1. The Bertz CT molecular complexity index is 556. The molecule has 2 aromatic rings. The zero-order valence-electron chi connectivity index (χ0n) is 8.84. The van der Waals surface area contributed by atoms with Crippen LogP contribution in [-0.2, 0) is 11.8 Å². The van der Waals surface area contributed by atoms with Crippen LogP contribution in [0.3, 0.4) is 0 Å². The molecule has 1 aromatic heterocycles. The van der Waals surface area contributed by atoms with Crippen LogP contribution in [0.5, 0.6) is 0 Å². The van der Waals surface area contributed by atoms with Crippen molar-refractivity contribution in [2.24, 2.45) is 7.05 Å². The fourth-order valence-corrected chi connectivity index (χ4v) is 1.49. The van der Waals surface area contributed by atoms with Gasteiger partial charge in [-0.1, -0.05) is 18.1 Å². The molecule has 0 saturated heterocycles. The van der Waals surface area contributed by atoms with Gasteiger partial charge in [-0.25, -0.2) is 0 Å². The van der Waals surface area contributed by atoms with E-state index in [0.717, 1.165) is 16.8 Å². The molecule has 0 spiro atoms. The van der Waals surface area contributed by atoms with Crippen molar-refractivity contribution in [1.29, 1.82) is 0 Å². The molecule has 0 N–H and O–H groups in total. The third-order valence-electron chi connectivity index (χ3n) is 2.28. The summed E-state index contributed by atoms with van der Waals surface area (Å²) in [5.74, 6) is 5.12. The van der Waals surface area contributed by atoms with Crippen molar-refractivity contribution in [3.63, 3.8) is 0 Å². The molecule has 1 aromatic carbocycles. The Morgan fingerprint density at radius 3 is 2.56 bits per heavy atom. The van der Waals surface area contributed by atoms with E-state index in [1.54, 1.807) is 6.20 Å². The molecule has 0 unspecified atom stereocenters. The van der Waals surface area contributed by atoms with Gasteiger partial charge in [0.25, 0.3) is 0 Å². The number of nitrogens with zero attached hydrogens (tertiary/aromatic N) is 2. The molecule has 0 radical (unpaired) electrons. The molecular weight excluding hydrogens is 200 g/mol. The number of hydrogen-bond acceptors (Lipinski definition) is 2. The molecule has 0 aliphatic carbocycles. The average molecular weight is 210 g/mol. The minimum atomic E-state index is 0.592. The third-order valence-corrected chi connectivity index (χ3v) is 2.28. The lowest BCUT2D eigenvalue weighted by atomic mass is 10.1. The van der Waals surface area contributed by atoms with Gasteiger partial charge in [0, 0.05) is 18.8 Å². The van der Waals surface area contributed by atoms with E-state index in [1.165, 1.54) is 0 Å². The standard InChI is InChI=1S/C13H10N2O/c1-15-13(8-9-14-15)12-6-4-11(5-7-12)3-2-10-16/h4-10H,1H3. The van der Waals surface area contributed by atoms with E-state index in [4.69, 9.17) is 0 Å². The lowest BCUT2D eigenvalue weighted by Gasteiger charge is -2.01. The summed E-state index contributed by atoms with van der Waals surface area (Å²) >= 11 is 0. The third kappa shape index (κ3) is 2.01. The van der Waals surface area contributed by atoms with Gasteiger partial charge in [-0.2, -0.15) is 5.10 Å². The largest absolute Gasteiger partial charge is 0.289 e. The average Bonchev–Trinajstić information content (AvgIpc) is 2.74. The quantitative estimate of drug-likeness (QED) is 0.529. The maximum absolute atomic E-state index is 10.1. The zero-order valence-corrected chi connectivity index (χ0v) is 8.84. The second-order valence-electron chi connectivity index (χ2n) is 3.30. The van der Waals surface area contributed by atoms with Gasteiger partial charge in [-0.15, -0.1) is 0 Å². The molecule has 0 aliphatic heterocycles. The smallest absolute Gasteiger partial charge is 0.193 e. The molecule has 0 fully saturated rings. The van der Waals surface area contributed by atoms with Gasteiger partial charge < -0.3 is 0 Å². The fraction of sp³-hybridized carbons (Fsp3) is 0.0769. The summed E-state index contributed by atoms with van der Waals surface area (Å²) in [6, 6.07) is 9.65. The van der Waals surface area contributed by atoms with Crippen molar-refractivity contribution in [2.75, 3.05) is 0 Å².